The van der Waals surface area contributed by atoms with Crippen molar-refractivity contribution in [3.05, 3.63) is 48.0 Å². The third-order valence-corrected chi connectivity index (χ3v) is 4.47. The number of rotatable bonds is 7. The Morgan fingerprint density at radius 1 is 1.17 bits per heavy atom. The van der Waals surface area contributed by atoms with Gasteiger partial charge in [-0.1, -0.05) is 12.1 Å². The Labute approximate surface area is 139 Å². The number of nitrogens with one attached hydrogen (secondary N) is 1. The van der Waals surface area contributed by atoms with Gasteiger partial charge in [-0.2, -0.15) is 0 Å². The molecule has 0 unspecified atom stereocenters. The number of sulfonamides is 1. The highest BCUT2D eigenvalue weighted by molar-refractivity contribution is 7.92. The number of anilines is 1. The van der Waals surface area contributed by atoms with Gasteiger partial charge in [0.1, 0.15) is 0 Å². The summed E-state index contributed by atoms with van der Waals surface area (Å²) in [6.45, 7) is 2.26. The van der Waals surface area contributed by atoms with Crippen molar-refractivity contribution >= 4 is 21.7 Å². The van der Waals surface area contributed by atoms with Crippen LogP contribution in [0.1, 0.15) is 17.3 Å². The van der Waals surface area contributed by atoms with Crippen molar-refractivity contribution in [3.63, 3.8) is 0 Å². The Balaban J connectivity index is 2.32. The minimum Gasteiger partial charge on any atom is -0.545 e. The van der Waals surface area contributed by atoms with Crippen LogP contribution in [0.4, 0.5) is 5.69 Å². The van der Waals surface area contributed by atoms with Crippen molar-refractivity contribution in [1.29, 1.82) is 0 Å². The van der Waals surface area contributed by atoms with Crippen LogP contribution in [0.25, 0.3) is 0 Å². The van der Waals surface area contributed by atoms with Crippen LogP contribution in [0.2, 0.25) is 0 Å². The third kappa shape index (κ3) is 3.96. The van der Waals surface area contributed by atoms with Gasteiger partial charge >= 0.3 is 0 Å². The molecule has 0 spiro atoms. The molecule has 0 bridgehead atoms. The van der Waals surface area contributed by atoms with E-state index in [9.17, 15) is 18.3 Å². The first-order valence-electron chi connectivity index (χ1n) is 7.02. The molecule has 0 heterocycles. The maximum Gasteiger partial charge on any atom is 0.261 e. The van der Waals surface area contributed by atoms with Crippen LogP contribution < -0.4 is 19.3 Å². The summed E-state index contributed by atoms with van der Waals surface area (Å²) in [6.07, 6.45) is 0. The van der Waals surface area contributed by atoms with Gasteiger partial charge in [-0.15, -0.1) is 0 Å². The lowest BCUT2D eigenvalue weighted by Gasteiger charge is -2.13. The lowest BCUT2D eigenvalue weighted by atomic mass is 10.2. The molecule has 0 radical (unpaired) electrons. The molecule has 0 aliphatic heterocycles. The van der Waals surface area contributed by atoms with Crippen LogP contribution >= 0.6 is 0 Å². The second-order valence-corrected chi connectivity index (χ2v) is 6.40. The number of benzene rings is 2. The van der Waals surface area contributed by atoms with E-state index in [2.05, 4.69) is 4.72 Å². The number of carboxylic acids is 1. The van der Waals surface area contributed by atoms with Gasteiger partial charge < -0.3 is 19.4 Å². The summed E-state index contributed by atoms with van der Waals surface area (Å²) in [5.74, 6) is -0.586. The number of aromatic carboxylic acids is 1. The fourth-order valence-electron chi connectivity index (χ4n) is 2.01. The SMILES string of the molecule is CCOc1ccc(NS(=O)(=O)c2cccc(C(=O)[O-])c2)cc1OC. The topological polar surface area (TPSA) is 105 Å². The normalized spacial score (nSPS) is 10.9. The predicted octanol–water partition coefficient (Wildman–Crippen LogP) is 1.26. The quantitative estimate of drug-likeness (QED) is 0.806. The average Bonchev–Trinajstić information content (AvgIpc) is 2.56. The zero-order chi connectivity index (χ0) is 17.7. The Kier molecular flexibility index (Phi) is 5.30. The van der Waals surface area contributed by atoms with E-state index in [4.69, 9.17) is 9.47 Å². The summed E-state index contributed by atoms with van der Waals surface area (Å²) in [5.41, 5.74) is 0.0382. The van der Waals surface area contributed by atoms with E-state index in [0.717, 1.165) is 6.07 Å². The molecule has 0 fully saturated rings. The Morgan fingerprint density at radius 2 is 1.92 bits per heavy atom. The van der Waals surface area contributed by atoms with Crippen molar-refractivity contribution in [2.75, 3.05) is 18.4 Å². The van der Waals surface area contributed by atoms with E-state index in [-0.39, 0.29) is 16.1 Å². The van der Waals surface area contributed by atoms with E-state index >= 15 is 0 Å². The van der Waals surface area contributed by atoms with Crippen LogP contribution in [0.3, 0.4) is 0 Å². The summed E-state index contributed by atoms with van der Waals surface area (Å²) in [4.78, 5) is 10.7. The molecule has 0 aromatic heterocycles. The highest BCUT2D eigenvalue weighted by atomic mass is 32.2. The van der Waals surface area contributed by atoms with Crippen LogP contribution in [0, 0.1) is 0 Å². The molecule has 8 heteroatoms. The van der Waals surface area contributed by atoms with Crippen molar-refractivity contribution in [3.8, 4) is 11.5 Å². The van der Waals surface area contributed by atoms with Gasteiger partial charge in [-0.25, -0.2) is 8.42 Å². The fraction of sp³-hybridized carbons (Fsp3) is 0.188. The minimum atomic E-state index is -3.96. The first kappa shape index (κ1) is 17.6. The summed E-state index contributed by atoms with van der Waals surface area (Å²) < 4.78 is 37.7. The minimum absolute atomic E-state index is 0.183. The monoisotopic (exact) mass is 350 g/mol. The molecule has 2 aromatic carbocycles. The first-order chi connectivity index (χ1) is 11.4. The van der Waals surface area contributed by atoms with Crippen LogP contribution in [-0.4, -0.2) is 28.1 Å². The molecule has 2 rings (SSSR count). The molecule has 0 saturated carbocycles. The van der Waals surface area contributed by atoms with Crippen molar-refractivity contribution in [1.82, 2.24) is 0 Å². The van der Waals surface area contributed by atoms with Crippen molar-refractivity contribution in [2.45, 2.75) is 11.8 Å². The second kappa shape index (κ2) is 7.22. The van der Waals surface area contributed by atoms with Gasteiger partial charge in [0.05, 0.1) is 30.3 Å². The highest BCUT2D eigenvalue weighted by Crippen LogP contribution is 2.31. The average molecular weight is 350 g/mol. The smallest absolute Gasteiger partial charge is 0.261 e. The van der Waals surface area contributed by atoms with Gasteiger partial charge in [0.2, 0.25) is 0 Å². The molecule has 0 saturated heterocycles. The van der Waals surface area contributed by atoms with E-state index in [1.165, 1.54) is 37.4 Å². The summed E-state index contributed by atoms with van der Waals surface area (Å²) in [6, 6.07) is 9.49. The number of carboxylic acid groups (broad SMARTS) is 1. The van der Waals surface area contributed by atoms with Crippen molar-refractivity contribution in [2.24, 2.45) is 0 Å². The molecular weight excluding hydrogens is 334 g/mol. The maximum absolute atomic E-state index is 12.4. The largest absolute Gasteiger partial charge is 0.545 e. The van der Waals surface area contributed by atoms with Gasteiger partial charge in [0.25, 0.3) is 10.0 Å². The molecule has 24 heavy (non-hydrogen) atoms. The molecule has 0 aliphatic carbocycles. The molecule has 128 valence electrons. The number of carbonyl (C=O) groups is 1. The number of hydrogen-bond donors (Lipinski definition) is 1. The van der Waals surface area contributed by atoms with E-state index in [0.29, 0.717) is 18.1 Å². The molecule has 2 aromatic rings. The standard InChI is InChI=1S/C16H17NO6S/c1-3-23-14-8-7-12(10-15(14)22-2)17-24(20,21)13-6-4-5-11(9-13)16(18)19/h4-10,17H,3H2,1-2H3,(H,18,19)/p-1. The molecular formula is C16H16NO6S-. The van der Waals surface area contributed by atoms with Crippen LogP contribution in [-0.2, 0) is 10.0 Å². The van der Waals surface area contributed by atoms with E-state index in [1.807, 2.05) is 6.92 Å². The zero-order valence-electron chi connectivity index (χ0n) is 13.1. The molecule has 7 nitrogen and oxygen atoms in total. The number of hydrogen-bond acceptors (Lipinski definition) is 6. The Morgan fingerprint density at radius 3 is 2.54 bits per heavy atom. The molecule has 0 aliphatic rings. The van der Waals surface area contributed by atoms with Gasteiger partial charge in [-0.3, -0.25) is 4.72 Å². The van der Waals surface area contributed by atoms with Crippen molar-refractivity contribution < 1.29 is 27.8 Å². The fourth-order valence-corrected chi connectivity index (χ4v) is 3.11. The van der Waals surface area contributed by atoms with Gasteiger partial charge in [0.15, 0.2) is 11.5 Å². The summed E-state index contributed by atoms with van der Waals surface area (Å²) in [7, 11) is -2.51. The third-order valence-electron chi connectivity index (χ3n) is 3.10. The lowest BCUT2D eigenvalue weighted by Crippen LogP contribution is -2.23. The van der Waals surface area contributed by atoms with Gasteiger partial charge in [-0.05, 0) is 36.8 Å². The predicted molar refractivity (Wildman–Crippen MR) is 85.7 cm³/mol. The second-order valence-electron chi connectivity index (χ2n) is 4.72. The number of ether oxygens (including phenoxy) is 2. The van der Waals surface area contributed by atoms with Gasteiger partial charge in [0, 0.05) is 6.07 Å². The maximum atomic E-state index is 12.4. The van der Waals surface area contributed by atoms with E-state index < -0.39 is 16.0 Å². The molecule has 0 amide bonds. The summed E-state index contributed by atoms with van der Waals surface area (Å²) in [5, 5.41) is 10.9. The van der Waals surface area contributed by atoms with E-state index in [1.54, 1.807) is 6.07 Å². The zero-order valence-corrected chi connectivity index (χ0v) is 13.9. The van der Waals surface area contributed by atoms with Crippen LogP contribution in [0.5, 0.6) is 11.5 Å². The first-order valence-corrected chi connectivity index (χ1v) is 8.50. The Hall–Kier alpha value is -2.74. The molecule has 0 atom stereocenters. The summed E-state index contributed by atoms with van der Waals surface area (Å²) >= 11 is 0. The van der Waals surface area contributed by atoms with Crippen LogP contribution in [0.15, 0.2) is 47.4 Å². The number of methoxy groups -OCH3 is 1. The lowest BCUT2D eigenvalue weighted by molar-refractivity contribution is -0.255. The Bertz CT molecular complexity index is 847. The number of carbonyl (C=O) groups excluding carboxylic acids is 1. The molecule has 1 N–H and O–H groups in total. The highest BCUT2D eigenvalue weighted by Gasteiger charge is 2.16.